The van der Waals surface area contributed by atoms with Crippen molar-refractivity contribution >= 4 is 45.8 Å². The SMILES string of the molecule is Cc1cc(C=C2C(=O)Nc3ccc(I)cc32)cc(C(C)(C)C)c1O. The zero-order valence-corrected chi connectivity index (χ0v) is 16.4. The van der Waals surface area contributed by atoms with Gasteiger partial charge in [0.25, 0.3) is 5.91 Å². The molecule has 2 aromatic rings. The lowest BCUT2D eigenvalue weighted by Crippen LogP contribution is -2.12. The summed E-state index contributed by atoms with van der Waals surface area (Å²) in [6, 6.07) is 9.80. The van der Waals surface area contributed by atoms with E-state index in [-0.39, 0.29) is 11.3 Å². The Morgan fingerprint density at radius 2 is 1.88 bits per heavy atom. The number of rotatable bonds is 1. The molecule has 3 rings (SSSR count). The summed E-state index contributed by atoms with van der Waals surface area (Å²) in [5, 5.41) is 13.3. The van der Waals surface area contributed by atoms with Crippen LogP contribution in [-0.2, 0) is 10.2 Å². The van der Waals surface area contributed by atoms with Gasteiger partial charge in [-0.3, -0.25) is 4.79 Å². The van der Waals surface area contributed by atoms with Gasteiger partial charge >= 0.3 is 0 Å². The van der Waals surface area contributed by atoms with Gasteiger partial charge in [0.1, 0.15) is 5.75 Å². The normalized spacial score (nSPS) is 15.5. The number of phenolic OH excluding ortho intramolecular Hbond substituents is 1. The van der Waals surface area contributed by atoms with Crippen LogP contribution in [-0.4, -0.2) is 11.0 Å². The van der Waals surface area contributed by atoms with Crippen LogP contribution in [0.5, 0.6) is 5.75 Å². The maximum absolute atomic E-state index is 12.3. The van der Waals surface area contributed by atoms with E-state index in [1.165, 1.54) is 0 Å². The fraction of sp³-hybridized carbons (Fsp3) is 0.250. The first-order chi connectivity index (χ1) is 11.2. The summed E-state index contributed by atoms with van der Waals surface area (Å²) < 4.78 is 1.09. The molecular weight excluding hydrogens is 413 g/mol. The van der Waals surface area contributed by atoms with Gasteiger partial charge in [-0.05, 0) is 82.5 Å². The second-order valence-corrected chi connectivity index (χ2v) is 8.43. The fourth-order valence-corrected chi connectivity index (χ4v) is 3.42. The smallest absolute Gasteiger partial charge is 0.256 e. The van der Waals surface area contributed by atoms with Crippen LogP contribution in [0.25, 0.3) is 11.6 Å². The molecule has 2 aromatic carbocycles. The highest BCUT2D eigenvalue weighted by atomic mass is 127. The highest BCUT2D eigenvalue weighted by Crippen LogP contribution is 2.37. The van der Waals surface area contributed by atoms with Crippen molar-refractivity contribution in [1.82, 2.24) is 0 Å². The molecule has 2 N–H and O–H groups in total. The highest BCUT2D eigenvalue weighted by Gasteiger charge is 2.25. The Morgan fingerprint density at radius 3 is 2.54 bits per heavy atom. The maximum Gasteiger partial charge on any atom is 0.256 e. The summed E-state index contributed by atoms with van der Waals surface area (Å²) in [6.45, 7) is 8.09. The molecule has 0 aliphatic carbocycles. The average molecular weight is 433 g/mol. The number of hydrogen-bond donors (Lipinski definition) is 2. The number of hydrogen-bond acceptors (Lipinski definition) is 2. The van der Waals surface area contributed by atoms with E-state index >= 15 is 0 Å². The predicted octanol–water partition coefficient (Wildman–Crippen LogP) is 5.10. The molecule has 0 bridgehead atoms. The number of carbonyl (C=O) groups is 1. The first-order valence-electron chi connectivity index (χ1n) is 7.84. The Labute approximate surface area is 155 Å². The molecule has 1 aliphatic heterocycles. The number of halogens is 1. The number of fused-ring (bicyclic) bond motifs is 1. The van der Waals surface area contributed by atoms with E-state index in [4.69, 9.17) is 0 Å². The summed E-state index contributed by atoms with van der Waals surface area (Å²) in [5.74, 6) is 0.241. The molecule has 0 atom stereocenters. The predicted molar refractivity (Wildman–Crippen MR) is 107 cm³/mol. The zero-order chi connectivity index (χ0) is 17.6. The third-order valence-corrected chi connectivity index (χ3v) is 4.88. The summed E-state index contributed by atoms with van der Waals surface area (Å²) in [7, 11) is 0. The van der Waals surface area contributed by atoms with Gasteiger partial charge in [0.2, 0.25) is 0 Å². The van der Waals surface area contributed by atoms with Gasteiger partial charge in [-0.1, -0.05) is 20.8 Å². The second-order valence-electron chi connectivity index (χ2n) is 7.19. The quantitative estimate of drug-likeness (QED) is 0.486. The summed E-state index contributed by atoms with van der Waals surface area (Å²) >= 11 is 2.25. The molecule has 0 unspecified atom stereocenters. The Kier molecular flexibility index (Phi) is 4.20. The van der Waals surface area contributed by atoms with Crippen LogP contribution in [0.4, 0.5) is 5.69 Å². The molecule has 24 heavy (non-hydrogen) atoms. The van der Waals surface area contributed by atoms with Crippen LogP contribution >= 0.6 is 22.6 Å². The Balaban J connectivity index is 2.15. The van der Waals surface area contributed by atoms with Gasteiger partial charge < -0.3 is 10.4 Å². The fourth-order valence-electron chi connectivity index (χ4n) is 2.93. The van der Waals surface area contributed by atoms with Crippen molar-refractivity contribution in [3.05, 3.63) is 56.2 Å². The number of carbonyl (C=O) groups excluding carboxylic acids is 1. The number of amides is 1. The van der Waals surface area contributed by atoms with Crippen LogP contribution < -0.4 is 5.32 Å². The number of aryl methyl sites for hydroxylation is 1. The molecular formula is C20H20INO2. The molecule has 0 saturated heterocycles. The Hall–Kier alpha value is -1.82. The van der Waals surface area contributed by atoms with Crippen molar-refractivity contribution in [3.8, 4) is 5.75 Å². The summed E-state index contributed by atoms with van der Waals surface area (Å²) in [6.07, 6.45) is 1.90. The minimum Gasteiger partial charge on any atom is -0.507 e. The van der Waals surface area contributed by atoms with Gasteiger partial charge in [-0.2, -0.15) is 0 Å². The number of aromatic hydroxyl groups is 1. The molecule has 0 spiro atoms. The molecule has 1 heterocycles. The third-order valence-electron chi connectivity index (χ3n) is 4.21. The molecule has 0 fully saturated rings. The molecule has 3 nitrogen and oxygen atoms in total. The van der Waals surface area contributed by atoms with E-state index in [1.54, 1.807) is 0 Å². The van der Waals surface area contributed by atoms with E-state index in [9.17, 15) is 9.90 Å². The lowest BCUT2D eigenvalue weighted by Gasteiger charge is -2.22. The Morgan fingerprint density at radius 1 is 1.17 bits per heavy atom. The molecule has 4 heteroatoms. The molecule has 124 valence electrons. The lowest BCUT2D eigenvalue weighted by atomic mass is 9.84. The van der Waals surface area contributed by atoms with Gasteiger partial charge in [-0.25, -0.2) is 0 Å². The monoisotopic (exact) mass is 433 g/mol. The third kappa shape index (κ3) is 3.07. The van der Waals surface area contributed by atoms with E-state index in [0.29, 0.717) is 11.3 Å². The average Bonchev–Trinajstić information content (AvgIpc) is 2.77. The van der Waals surface area contributed by atoms with Crippen LogP contribution in [0.15, 0.2) is 30.3 Å². The van der Waals surface area contributed by atoms with Gasteiger partial charge in [-0.15, -0.1) is 0 Å². The van der Waals surface area contributed by atoms with E-state index < -0.39 is 0 Å². The molecule has 0 aromatic heterocycles. The molecule has 1 aliphatic rings. The number of phenols is 1. The van der Waals surface area contributed by atoms with E-state index in [1.807, 2.05) is 43.3 Å². The molecule has 0 saturated carbocycles. The zero-order valence-electron chi connectivity index (χ0n) is 14.2. The van der Waals surface area contributed by atoms with E-state index in [2.05, 4.69) is 48.7 Å². The van der Waals surface area contributed by atoms with Gasteiger partial charge in [0.15, 0.2) is 0 Å². The summed E-state index contributed by atoms with van der Waals surface area (Å²) in [5.41, 5.74) is 4.88. The maximum atomic E-state index is 12.3. The van der Waals surface area contributed by atoms with Crippen LogP contribution in [0.2, 0.25) is 0 Å². The Bertz CT molecular complexity index is 876. The molecule has 1 amide bonds. The van der Waals surface area contributed by atoms with Crippen LogP contribution in [0, 0.1) is 10.5 Å². The van der Waals surface area contributed by atoms with Crippen molar-refractivity contribution < 1.29 is 9.90 Å². The number of nitrogens with one attached hydrogen (secondary N) is 1. The second kappa shape index (κ2) is 5.92. The van der Waals surface area contributed by atoms with Gasteiger partial charge in [0.05, 0.1) is 0 Å². The standard InChI is InChI=1S/C20H20INO2/c1-11-7-12(9-16(18(11)23)20(2,3)4)8-15-14-10-13(21)5-6-17(14)22-19(15)24/h5-10,23H,1-4H3,(H,22,24). The van der Waals surface area contributed by atoms with Crippen molar-refractivity contribution in [3.63, 3.8) is 0 Å². The van der Waals surface area contributed by atoms with E-state index in [0.717, 1.165) is 31.5 Å². The van der Waals surface area contributed by atoms with Crippen molar-refractivity contribution in [2.75, 3.05) is 5.32 Å². The lowest BCUT2D eigenvalue weighted by molar-refractivity contribution is -0.110. The number of benzene rings is 2. The highest BCUT2D eigenvalue weighted by molar-refractivity contribution is 14.1. The first kappa shape index (κ1) is 17.0. The van der Waals surface area contributed by atoms with Crippen LogP contribution in [0.1, 0.15) is 43.0 Å². The molecule has 0 radical (unpaired) electrons. The van der Waals surface area contributed by atoms with Gasteiger partial charge in [0, 0.05) is 26.0 Å². The topological polar surface area (TPSA) is 49.3 Å². The largest absolute Gasteiger partial charge is 0.507 e. The first-order valence-corrected chi connectivity index (χ1v) is 8.92. The minimum absolute atomic E-state index is 0.0879. The number of anilines is 1. The minimum atomic E-state index is -0.172. The van der Waals surface area contributed by atoms with Crippen molar-refractivity contribution in [2.45, 2.75) is 33.1 Å². The van der Waals surface area contributed by atoms with Crippen molar-refractivity contribution in [2.24, 2.45) is 0 Å². The van der Waals surface area contributed by atoms with Crippen LogP contribution in [0.3, 0.4) is 0 Å². The van der Waals surface area contributed by atoms with Crippen molar-refractivity contribution in [1.29, 1.82) is 0 Å². The summed E-state index contributed by atoms with van der Waals surface area (Å²) in [4.78, 5) is 12.3.